The molecule has 2 aliphatic rings. The van der Waals surface area contributed by atoms with Crippen LogP contribution in [0.2, 0.25) is 0 Å². The summed E-state index contributed by atoms with van der Waals surface area (Å²) in [6, 6.07) is -0.0677. The molecule has 1 saturated heterocycles. The van der Waals surface area contributed by atoms with E-state index in [0.717, 1.165) is 25.7 Å². The Morgan fingerprint density at radius 1 is 1.33 bits per heavy atom. The van der Waals surface area contributed by atoms with E-state index in [9.17, 15) is 13.2 Å². The highest BCUT2D eigenvalue weighted by Gasteiger charge is 2.43. The maximum absolute atomic E-state index is 12.1. The van der Waals surface area contributed by atoms with Crippen LogP contribution in [-0.2, 0) is 14.6 Å². The van der Waals surface area contributed by atoms with Gasteiger partial charge in [-0.1, -0.05) is 12.8 Å². The lowest BCUT2D eigenvalue weighted by Gasteiger charge is -2.43. The molecule has 2 atom stereocenters. The van der Waals surface area contributed by atoms with Crippen LogP contribution in [0, 0.1) is 0 Å². The number of hydrogen-bond acceptors (Lipinski definition) is 4. The Kier molecular flexibility index (Phi) is 4.27. The van der Waals surface area contributed by atoms with Crippen molar-refractivity contribution >= 4 is 15.7 Å². The molecule has 6 heteroatoms. The molecule has 104 valence electrons. The standard InChI is InChI=1S/C12H22N2O3S/c1-13-7-6-12(15)14-8-9-18(16,17)11-5-3-2-4-10(11)14/h10-11,13H,2-9H2,1H3. The van der Waals surface area contributed by atoms with Crippen molar-refractivity contribution in [3.05, 3.63) is 0 Å². The third-order valence-corrected chi connectivity index (χ3v) is 6.28. The number of sulfone groups is 1. The molecule has 1 saturated carbocycles. The Labute approximate surface area is 109 Å². The molecular formula is C12H22N2O3S. The van der Waals surface area contributed by atoms with Gasteiger partial charge in [-0.15, -0.1) is 0 Å². The van der Waals surface area contributed by atoms with Crippen LogP contribution in [-0.4, -0.2) is 56.4 Å². The summed E-state index contributed by atoms with van der Waals surface area (Å²) < 4.78 is 24.1. The number of fused-ring (bicyclic) bond motifs is 1. The Balaban J connectivity index is 2.11. The highest BCUT2D eigenvalue weighted by molar-refractivity contribution is 7.92. The van der Waals surface area contributed by atoms with Crippen molar-refractivity contribution in [2.24, 2.45) is 0 Å². The fourth-order valence-corrected chi connectivity index (χ4v) is 5.12. The van der Waals surface area contributed by atoms with Gasteiger partial charge in [0.2, 0.25) is 5.91 Å². The summed E-state index contributed by atoms with van der Waals surface area (Å²) in [6.45, 7) is 1.03. The summed E-state index contributed by atoms with van der Waals surface area (Å²) in [4.78, 5) is 13.9. The smallest absolute Gasteiger partial charge is 0.224 e. The molecule has 2 rings (SSSR count). The molecule has 0 bridgehead atoms. The molecule has 0 radical (unpaired) electrons. The average molecular weight is 274 g/mol. The number of carbonyl (C=O) groups is 1. The Hall–Kier alpha value is -0.620. The molecule has 1 amide bonds. The Morgan fingerprint density at radius 2 is 2.06 bits per heavy atom. The van der Waals surface area contributed by atoms with E-state index in [1.54, 1.807) is 0 Å². The van der Waals surface area contributed by atoms with Gasteiger partial charge in [-0.2, -0.15) is 0 Å². The molecule has 1 aliphatic carbocycles. The summed E-state index contributed by atoms with van der Waals surface area (Å²) in [7, 11) is -1.16. The maximum Gasteiger partial charge on any atom is 0.224 e. The van der Waals surface area contributed by atoms with Crippen molar-refractivity contribution in [3.63, 3.8) is 0 Å². The van der Waals surface area contributed by atoms with Crippen molar-refractivity contribution in [1.29, 1.82) is 0 Å². The van der Waals surface area contributed by atoms with E-state index in [2.05, 4.69) is 5.32 Å². The normalized spacial score (nSPS) is 30.8. The summed E-state index contributed by atoms with van der Waals surface area (Å²) in [5, 5.41) is 2.65. The van der Waals surface area contributed by atoms with Crippen LogP contribution in [0.4, 0.5) is 0 Å². The minimum atomic E-state index is -2.98. The first-order chi connectivity index (χ1) is 8.56. The molecule has 0 aromatic heterocycles. The Bertz CT molecular complexity index is 408. The lowest BCUT2D eigenvalue weighted by atomic mass is 9.93. The van der Waals surface area contributed by atoms with Gasteiger partial charge in [0.25, 0.3) is 0 Å². The first-order valence-corrected chi connectivity index (χ1v) is 8.43. The summed E-state index contributed by atoms with van der Waals surface area (Å²) in [6.07, 6.45) is 4.03. The van der Waals surface area contributed by atoms with E-state index in [4.69, 9.17) is 0 Å². The first kappa shape index (κ1) is 13.8. The first-order valence-electron chi connectivity index (χ1n) is 6.72. The molecule has 0 aromatic rings. The molecule has 1 N–H and O–H groups in total. The van der Waals surface area contributed by atoms with E-state index >= 15 is 0 Å². The fourth-order valence-electron chi connectivity index (χ4n) is 3.08. The number of amides is 1. The highest BCUT2D eigenvalue weighted by atomic mass is 32.2. The van der Waals surface area contributed by atoms with E-state index in [1.165, 1.54) is 0 Å². The second kappa shape index (κ2) is 5.57. The van der Waals surface area contributed by atoms with Gasteiger partial charge in [-0.25, -0.2) is 8.42 Å². The minimum absolute atomic E-state index is 0.0677. The maximum atomic E-state index is 12.1. The van der Waals surface area contributed by atoms with E-state index in [0.29, 0.717) is 19.5 Å². The van der Waals surface area contributed by atoms with Crippen molar-refractivity contribution in [2.45, 2.75) is 43.4 Å². The molecule has 2 fully saturated rings. The molecule has 0 spiro atoms. The number of nitrogens with zero attached hydrogens (tertiary/aromatic N) is 1. The number of nitrogens with one attached hydrogen (secondary N) is 1. The summed E-state index contributed by atoms with van der Waals surface area (Å²) in [5.74, 6) is 0.232. The van der Waals surface area contributed by atoms with E-state index in [-0.39, 0.29) is 23.0 Å². The molecular weight excluding hydrogens is 252 g/mol. The summed E-state index contributed by atoms with van der Waals surface area (Å²) >= 11 is 0. The lowest BCUT2D eigenvalue weighted by Crippen LogP contribution is -2.57. The van der Waals surface area contributed by atoms with Crippen LogP contribution in [0.5, 0.6) is 0 Å². The van der Waals surface area contributed by atoms with Gasteiger partial charge in [0.15, 0.2) is 9.84 Å². The molecule has 0 aromatic carbocycles. The summed E-state index contributed by atoms with van der Waals surface area (Å²) in [5.41, 5.74) is 0. The van der Waals surface area contributed by atoms with Gasteiger partial charge in [-0.05, 0) is 19.9 Å². The molecule has 5 nitrogen and oxygen atoms in total. The van der Waals surface area contributed by atoms with Gasteiger partial charge in [-0.3, -0.25) is 4.79 Å². The number of rotatable bonds is 3. The topological polar surface area (TPSA) is 66.5 Å². The van der Waals surface area contributed by atoms with Gasteiger partial charge in [0.1, 0.15) is 0 Å². The molecule has 1 heterocycles. The zero-order chi connectivity index (χ0) is 13.2. The number of hydrogen-bond donors (Lipinski definition) is 1. The van der Waals surface area contributed by atoms with Gasteiger partial charge < -0.3 is 10.2 Å². The third-order valence-electron chi connectivity index (χ3n) is 4.06. The van der Waals surface area contributed by atoms with Crippen molar-refractivity contribution in [1.82, 2.24) is 10.2 Å². The highest BCUT2D eigenvalue weighted by Crippen LogP contribution is 2.32. The van der Waals surface area contributed by atoms with Gasteiger partial charge in [0, 0.05) is 25.6 Å². The predicted molar refractivity (Wildman–Crippen MR) is 70.1 cm³/mol. The predicted octanol–water partition coefficient (Wildman–Crippen LogP) is 0.164. The second-order valence-corrected chi connectivity index (χ2v) is 7.54. The van der Waals surface area contributed by atoms with Crippen LogP contribution in [0.15, 0.2) is 0 Å². The van der Waals surface area contributed by atoms with Crippen LogP contribution in [0.1, 0.15) is 32.1 Å². The van der Waals surface area contributed by atoms with Crippen LogP contribution in [0.25, 0.3) is 0 Å². The number of carbonyl (C=O) groups excluding carboxylic acids is 1. The van der Waals surface area contributed by atoms with Crippen molar-refractivity contribution < 1.29 is 13.2 Å². The molecule has 1 aliphatic heterocycles. The van der Waals surface area contributed by atoms with Gasteiger partial charge >= 0.3 is 0 Å². The third kappa shape index (κ3) is 2.69. The van der Waals surface area contributed by atoms with Crippen molar-refractivity contribution in [2.75, 3.05) is 25.9 Å². The van der Waals surface area contributed by atoms with Gasteiger partial charge in [0.05, 0.1) is 11.0 Å². The molecule has 2 unspecified atom stereocenters. The fraction of sp³-hybridized carbons (Fsp3) is 0.917. The monoisotopic (exact) mass is 274 g/mol. The van der Waals surface area contributed by atoms with Crippen LogP contribution >= 0.6 is 0 Å². The Morgan fingerprint density at radius 3 is 2.78 bits per heavy atom. The van der Waals surface area contributed by atoms with Crippen LogP contribution < -0.4 is 5.32 Å². The average Bonchev–Trinajstić information content (AvgIpc) is 2.36. The second-order valence-electron chi connectivity index (χ2n) is 5.20. The zero-order valence-corrected chi connectivity index (χ0v) is 11.7. The zero-order valence-electron chi connectivity index (χ0n) is 10.9. The van der Waals surface area contributed by atoms with E-state index in [1.807, 2.05) is 11.9 Å². The molecule has 18 heavy (non-hydrogen) atoms. The largest absolute Gasteiger partial charge is 0.337 e. The van der Waals surface area contributed by atoms with E-state index < -0.39 is 9.84 Å². The minimum Gasteiger partial charge on any atom is -0.337 e. The van der Waals surface area contributed by atoms with Crippen LogP contribution in [0.3, 0.4) is 0 Å². The van der Waals surface area contributed by atoms with Crippen molar-refractivity contribution in [3.8, 4) is 0 Å². The SMILES string of the molecule is CNCCC(=O)N1CCS(=O)(=O)C2CCCCC21. The quantitative estimate of drug-likeness (QED) is 0.796. The lowest BCUT2D eigenvalue weighted by molar-refractivity contribution is -0.134.